The molecule has 2 heterocycles. The van der Waals surface area contributed by atoms with Gasteiger partial charge in [-0.3, -0.25) is 14.4 Å². The maximum Gasteiger partial charge on any atom is 0.270 e. The lowest BCUT2D eigenvalue weighted by Crippen LogP contribution is -2.45. The molecule has 0 saturated carbocycles. The maximum absolute atomic E-state index is 12.9. The molecule has 1 atom stereocenters. The molecule has 1 aromatic rings. The molecule has 8 nitrogen and oxygen atoms in total. The van der Waals surface area contributed by atoms with Crippen LogP contribution in [0.2, 0.25) is 0 Å². The first-order chi connectivity index (χ1) is 13.9. The van der Waals surface area contributed by atoms with Crippen LogP contribution < -0.4 is 5.43 Å². The van der Waals surface area contributed by atoms with E-state index in [-0.39, 0.29) is 48.9 Å². The first kappa shape index (κ1) is 21.0. The molecule has 0 aliphatic carbocycles. The summed E-state index contributed by atoms with van der Waals surface area (Å²) in [5.41, 5.74) is 3.66. The van der Waals surface area contributed by atoms with Crippen molar-refractivity contribution in [3.8, 4) is 0 Å². The van der Waals surface area contributed by atoms with Crippen molar-refractivity contribution >= 4 is 23.4 Å². The average molecular weight is 400 g/mol. The lowest BCUT2D eigenvalue weighted by Gasteiger charge is -2.26. The quantitative estimate of drug-likeness (QED) is 0.776. The number of ether oxygens (including phenoxy) is 1. The normalized spacial score (nSPS) is 20.4. The Labute approximate surface area is 170 Å². The van der Waals surface area contributed by atoms with Crippen molar-refractivity contribution in [2.24, 2.45) is 11.0 Å². The van der Waals surface area contributed by atoms with Gasteiger partial charge in [-0.05, 0) is 11.5 Å². The number of nitrogens with zero attached hydrogens (tertiary/aromatic N) is 3. The minimum atomic E-state index is -0.321. The molecule has 3 rings (SSSR count). The number of hydrogen-bond acceptors (Lipinski definition) is 5. The van der Waals surface area contributed by atoms with Crippen LogP contribution in [0.5, 0.6) is 0 Å². The SMILES string of the molecule is CC(C)CN1C[C@H](OCc2ccccc2)CN(C(=O)C2=NNC(=O)CC2)CC1=O. The highest BCUT2D eigenvalue weighted by Gasteiger charge is 2.33. The number of carbonyl (C=O) groups is 3. The highest BCUT2D eigenvalue weighted by molar-refractivity contribution is 6.39. The van der Waals surface area contributed by atoms with Crippen LogP contribution in [-0.2, 0) is 25.7 Å². The van der Waals surface area contributed by atoms with E-state index < -0.39 is 0 Å². The molecule has 0 spiro atoms. The monoisotopic (exact) mass is 400 g/mol. The Morgan fingerprint density at radius 2 is 1.97 bits per heavy atom. The summed E-state index contributed by atoms with van der Waals surface area (Å²) < 4.78 is 6.10. The maximum atomic E-state index is 12.9. The topological polar surface area (TPSA) is 91.3 Å². The van der Waals surface area contributed by atoms with Gasteiger partial charge in [0, 0.05) is 32.5 Å². The van der Waals surface area contributed by atoms with Gasteiger partial charge in [-0.2, -0.15) is 5.10 Å². The number of rotatable bonds is 6. The zero-order valence-corrected chi connectivity index (χ0v) is 17.0. The fraction of sp³-hybridized carbons (Fsp3) is 0.524. The third kappa shape index (κ3) is 5.87. The van der Waals surface area contributed by atoms with Gasteiger partial charge >= 0.3 is 0 Å². The fourth-order valence-corrected chi connectivity index (χ4v) is 3.46. The predicted molar refractivity (Wildman–Crippen MR) is 108 cm³/mol. The molecule has 29 heavy (non-hydrogen) atoms. The third-order valence-corrected chi connectivity index (χ3v) is 4.88. The molecule has 1 fully saturated rings. The lowest BCUT2D eigenvalue weighted by atomic mass is 10.1. The third-order valence-electron chi connectivity index (χ3n) is 4.88. The van der Waals surface area contributed by atoms with Gasteiger partial charge in [-0.25, -0.2) is 5.43 Å². The minimum Gasteiger partial charge on any atom is -0.370 e. The molecule has 2 aliphatic rings. The number of hydrazone groups is 1. The first-order valence-corrected chi connectivity index (χ1v) is 10.0. The predicted octanol–water partition coefficient (Wildman–Crippen LogP) is 1.16. The highest BCUT2D eigenvalue weighted by atomic mass is 16.5. The highest BCUT2D eigenvalue weighted by Crippen LogP contribution is 2.14. The van der Waals surface area contributed by atoms with Crippen molar-refractivity contribution in [2.45, 2.75) is 39.4 Å². The van der Waals surface area contributed by atoms with Gasteiger partial charge in [0.2, 0.25) is 11.8 Å². The molecule has 0 bridgehead atoms. The zero-order valence-electron chi connectivity index (χ0n) is 17.0. The van der Waals surface area contributed by atoms with Gasteiger partial charge in [-0.15, -0.1) is 0 Å². The van der Waals surface area contributed by atoms with Gasteiger partial charge in [0.25, 0.3) is 5.91 Å². The van der Waals surface area contributed by atoms with Gasteiger partial charge in [-0.1, -0.05) is 44.2 Å². The molecule has 156 valence electrons. The summed E-state index contributed by atoms with van der Waals surface area (Å²) in [6.07, 6.45) is 0.198. The molecule has 1 N–H and O–H groups in total. The van der Waals surface area contributed by atoms with Crippen molar-refractivity contribution in [1.29, 1.82) is 0 Å². The Bertz CT molecular complexity index is 778. The fourth-order valence-electron chi connectivity index (χ4n) is 3.46. The summed E-state index contributed by atoms with van der Waals surface area (Å²) in [6, 6.07) is 9.81. The van der Waals surface area contributed by atoms with E-state index in [0.717, 1.165) is 5.56 Å². The molecule has 3 amide bonds. The molecular formula is C21H28N4O4. The molecular weight excluding hydrogens is 372 g/mol. The van der Waals surface area contributed by atoms with Crippen LogP contribution in [0.3, 0.4) is 0 Å². The Morgan fingerprint density at radius 1 is 1.21 bits per heavy atom. The summed E-state index contributed by atoms with van der Waals surface area (Å²) in [7, 11) is 0. The van der Waals surface area contributed by atoms with Gasteiger partial charge in [0.1, 0.15) is 12.3 Å². The smallest absolute Gasteiger partial charge is 0.270 e. The summed E-state index contributed by atoms with van der Waals surface area (Å²) in [5, 5.41) is 3.89. The van der Waals surface area contributed by atoms with Crippen LogP contribution >= 0.6 is 0 Å². The van der Waals surface area contributed by atoms with Crippen molar-refractivity contribution < 1.29 is 19.1 Å². The summed E-state index contributed by atoms with van der Waals surface area (Å²) in [5.74, 6) is -0.314. The molecule has 0 aromatic heterocycles. The lowest BCUT2D eigenvalue weighted by molar-refractivity contribution is -0.136. The molecule has 8 heteroatoms. The van der Waals surface area contributed by atoms with E-state index in [4.69, 9.17) is 4.74 Å². The van der Waals surface area contributed by atoms with Gasteiger partial charge in [0.15, 0.2) is 0 Å². The Kier molecular flexibility index (Phi) is 6.98. The average Bonchev–Trinajstić information content (AvgIpc) is 2.86. The van der Waals surface area contributed by atoms with Crippen molar-refractivity contribution in [3.63, 3.8) is 0 Å². The van der Waals surface area contributed by atoms with Gasteiger partial charge in [0.05, 0.1) is 12.7 Å². The molecule has 2 aliphatic heterocycles. The van der Waals surface area contributed by atoms with Crippen LogP contribution in [0, 0.1) is 5.92 Å². The Balaban J connectivity index is 1.73. The standard InChI is InChI=1S/C21H28N4O4/c1-15(2)10-24-11-17(29-14-16-6-4-3-5-7-16)12-25(13-20(24)27)21(28)18-8-9-19(26)23-22-18/h3-7,15,17H,8-14H2,1-2H3,(H,23,26)/t17-/m0/s1. The van der Waals surface area contributed by atoms with Crippen molar-refractivity contribution in [2.75, 3.05) is 26.2 Å². The van der Waals surface area contributed by atoms with Crippen LogP contribution in [0.15, 0.2) is 35.4 Å². The van der Waals surface area contributed by atoms with Crippen LogP contribution in [0.4, 0.5) is 0 Å². The van der Waals surface area contributed by atoms with E-state index in [2.05, 4.69) is 24.4 Å². The van der Waals surface area contributed by atoms with E-state index in [9.17, 15) is 14.4 Å². The number of hydrogen-bond donors (Lipinski definition) is 1. The van der Waals surface area contributed by atoms with E-state index in [1.165, 1.54) is 4.90 Å². The van der Waals surface area contributed by atoms with E-state index in [1.54, 1.807) is 4.90 Å². The Morgan fingerprint density at radius 3 is 2.62 bits per heavy atom. The second-order valence-corrected chi connectivity index (χ2v) is 7.89. The minimum absolute atomic E-state index is 0.0102. The number of benzene rings is 1. The summed E-state index contributed by atoms with van der Waals surface area (Å²) >= 11 is 0. The van der Waals surface area contributed by atoms with Crippen LogP contribution in [0.25, 0.3) is 0 Å². The molecule has 1 saturated heterocycles. The summed E-state index contributed by atoms with van der Waals surface area (Å²) in [6.45, 7) is 5.87. The molecule has 1 aromatic carbocycles. The summed E-state index contributed by atoms with van der Waals surface area (Å²) in [4.78, 5) is 40.3. The number of amides is 3. The van der Waals surface area contributed by atoms with Crippen LogP contribution in [-0.4, -0.2) is 65.5 Å². The van der Waals surface area contributed by atoms with E-state index in [1.807, 2.05) is 30.3 Å². The largest absolute Gasteiger partial charge is 0.370 e. The van der Waals surface area contributed by atoms with E-state index >= 15 is 0 Å². The van der Waals surface area contributed by atoms with Gasteiger partial charge < -0.3 is 14.5 Å². The molecule has 0 unspecified atom stereocenters. The zero-order chi connectivity index (χ0) is 20.8. The first-order valence-electron chi connectivity index (χ1n) is 10.0. The van der Waals surface area contributed by atoms with Crippen molar-refractivity contribution in [3.05, 3.63) is 35.9 Å². The Hall–Kier alpha value is -2.74. The second-order valence-electron chi connectivity index (χ2n) is 7.89. The van der Waals surface area contributed by atoms with E-state index in [0.29, 0.717) is 32.2 Å². The van der Waals surface area contributed by atoms with Crippen molar-refractivity contribution in [1.82, 2.24) is 15.2 Å². The van der Waals surface area contributed by atoms with Crippen LogP contribution in [0.1, 0.15) is 32.3 Å². The molecule has 0 radical (unpaired) electrons. The number of carbonyl (C=O) groups excluding carboxylic acids is 3. The number of nitrogens with one attached hydrogen (secondary N) is 1. The second kappa shape index (κ2) is 9.65.